The first-order chi connectivity index (χ1) is 8.78. The van der Waals surface area contributed by atoms with Crippen molar-refractivity contribution in [1.82, 2.24) is 14.8 Å². The first-order valence-corrected chi connectivity index (χ1v) is 6.67. The first kappa shape index (κ1) is 11.7. The van der Waals surface area contributed by atoms with Gasteiger partial charge in [-0.2, -0.15) is 0 Å². The van der Waals surface area contributed by atoms with Crippen LogP contribution in [0.2, 0.25) is 0 Å². The molecule has 2 aromatic rings. The van der Waals surface area contributed by atoms with Crippen molar-refractivity contribution < 1.29 is 0 Å². The van der Waals surface area contributed by atoms with Crippen molar-refractivity contribution in [3.63, 3.8) is 0 Å². The Labute approximate surface area is 114 Å². The van der Waals surface area contributed by atoms with Gasteiger partial charge in [-0.25, -0.2) is 0 Å². The van der Waals surface area contributed by atoms with Gasteiger partial charge in [0.1, 0.15) is 6.33 Å². The van der Waals surface area contributed by atoms with Gasteiger partial charge in [-0.1, -0.05) is 22.0 Å². The lowest BCUT2D eigenvalue weighted by Gasteiger charge is -2.30. The fourth-order valence-electron chi connectivity index (χ4n) is 2.28. The molecule has 18 heavy (non-hydrogen) atoms. The Hall–Kier alpha value is -1.40. The van der Waals surface area contributed by atoms with E-state index in [-0.39, 0.29) is 0 Å². The van der Waals surface area contributed by atoms with E-state index in [9.17, 15) is 0 Å². The van der Waals surface area contributed by atoms with E-state index >= 15 is 0 Å². The molecule has 0 atom stereocenters. The summed E-state index contributed by atoms with van der Waals surface area (Å²) >= 11 is 3.52. The highest BCUT2D eigenvalue weighted by molar-refractivity contribution is 9.10. The molecule has 0 radical (unpaired) electrons. The van der Waals surface area contributed by atoms with Crippen molar-refractivity contribution in [2.75, 3.05) is 11.4 Å². The largest absolute Gasteiger partial charge is 0.362 e. The summed E-state index contributed by atoms with van der Waals surface area (Å²) in [7, 11) is 0. The fraction of sp³-hybridized carbons (Fsp3) is 0.333. The summed E-state index contributed by atoms with van der Waals surface area (Å²) in [6.07, 6.45) is 1.79. The van der Waals surface area contributed by atoms with Crippen molar-refractivity contribution in [1.29, 1.82) is 0 Å². The normalized spacial score (nSPS) is 14.7. The monoisotopic (exact) mass is 307 g/mol. The highest BCUT2D eigenvalue weighted by atomic mass is 79.9. The highest BCUT2D eigenvalue weighted by Crippen LogP contribution is 2.27. The summed E-state index contributed by atoms with van der Waals surface area (Å²) in [6, 6.07) is 6.21. The molecule has 0 unspecified atom stereocenters. The third-order valence-corrected chi connectivity index (χ3v) is 3.74. The number of anilines is 1. The molecule has 0 saturated heterocycles. The lowest BCUT2D eigenvalue weighted by atomic mass is 10.1. The van der Waals surface area contributed by atoms with Gasteiger partial charge in [0.15, 0.2) is 5.82 Å². The number of halogens is 1. The summed E-state index contributed by atoms with van der Waals surface area (Å²) in [5.74, 6) is 1.00. The van der Waals surface area contributed by atoms with Crippen LogP contribution in [0.3, 0.4) is 0 Å². The molecule has 0 saturated carbocycles. The van der Waals surface area contributed by atoms with Crippen LogP contribution in [-0.4, -0.2) is 21.3 Å². The molecule has 0 spiro atoms. The van der Waals surface area contributed by atoms with Gasteiger partial charge in [0, 0.05) is 29.8 Å². The zero-order chi connectivity index (χ0) is 12.5. The van der Waals surface area contributed by atoms with Crippen LogP contribution in [0.15, 0.2) is 29.0 Å². The molecule has 3 rings (SSSR count). The van der Waals surface area contributed by atoms with Crippen molar-refractivity contribution in [2.24, 2.45) is 5.73 Å². The zero-order valence-corrected chi connectivity index (χ0v) is 11.5. The summed E-state index contributed by atoms with van der Waals surface area (Å²) in [5, 5.41) is 8.08. The molecule has 0 fully saturated rings. The molecule has 0 aliphatic carbocycles. The van der Waals surface area contributed by atoms with Crippen molar-refractivity contribution >= 4 is 21.6 Å². The van der Waals surface area contributed by atoms with Gasteiger partial charge in [0.25, 0.3) is 0 Å². The maximum Gasteiger partial charge on any atom is 0.152 e. The molecule has 1 aliphatic heterocycles. The number of benzene rings is 1. The number of hydrogen-bond acceptors (Lipinski definition) is 4. The lowest BCUT2D eigenvalue weighted by Crippen LogP contribution is -2.34. The molecular weight excluding hydrogens is 294 g/mol. The van der Waals surface area contributed by atoms with E-state index in [1.807, 2.05) is 6.07 Å². The smallest absolute Gasteiger partial charge is 0.152 e. The zero-order valence-electron chi connectivity index (χ0n) is 9.88. The summed E-state index contributed by atoms with van der Waals surface area (Å²) in [4.78, 5) is 2.30. The number of rotatable bonds is 2. The maximum absolute atomic E-state index is 5.81. The van der Waals surface area contributed by atoms with E-state index in [1.165, 1.54) is 5.69 Å². The average Bonchev–Trinajstić information content (AvgIpc) is 2.85. The van der Waals surface area contributed by atoms with E-state index in [1.54, 1.807) is 6.33 Å². The Kier molecular flexibility index (Phi) is 3.05. The Bertz CT molecular complexity index is 565. The molecule has 1 aromatic carbocycles. The number of nitrogens with two attached hydrogens (primary N) is 1. The minimum absolute atomic E-state index is 0.547. The molecule has 94 valence electrons. The number of hydrogen-bond donors (Lipinski definition) is 1. The molecule has 1 aromatic heterocycles. The number of aromatic nitrogens is 3. The molecule has 5 nitrogen and oxygen atoms in total. The predicted octanol–water partition coefficient (Wildman–Crippen LogP) is 1.52. The van der Waals surface area contributed by atoms with Crippen LogP contribution >= 0.6 is 15.9 Å². The van der Waals surface area contributed by atoms with Crippen LogP contribution in [0.25, 0.3) is 0 Å². The predicted molar refractivity (Wildman–Crippen MR) is 73.1 cm³/mol. The highest BCUT2D eigenvalue weighted by Gasteiger charge is 2.19. The van der Waals surface area contributed by atoms with Crippen LogP contribution in [0.5, 0.6) is 0 Å². The topological polar surface area (TPSA) is 60.0 Å². The average molecular weight is 308 g/mol. The lowest BCUT2D eigenvalue weighted by molar-refractivity contribution is 0.559. The van der Waals surface area contributed by atoms with Gasteiger partial charge < -0.3 is 15.2 Å². The van der Waals surface area contributed by atoms with Gasteiger partial charge in [0.2, 0.25) is 0 Å². The SMILES string of the molecule is NCc1ccc(Br)cc1N1CCn2cnnc2C1. The second kappa shape index (κ2) is 4.70. The molecule has 1 aliphatic rings. The fourth-order valence-corrected chi connectivity index (χ4v) is 2.62. The van der Waals surface area contributed by atoms with Crippen molar-refractivity contribution in [2.45, 2.75) is 19.6 Å². The molecule has 2 heterocycles. The number of fused-ring (bicyclic) bond motifs is 1. The van der Waals surface area contributed by atoms with E-state index in [4.69, 9.17) is 5.73 Å². The van der Waals surface area contributed by atoms with Gasteiger partial charge >= 0.3 is 0 Å². The van der Waals surface area contributed by atoms with E-state index in [2.05, 4.69) is 47.7 Å². The Morgan fingerprint density at radius 1 is 1.33 bits per heavy atom. The van der Waals surface area contributed by atoms with Crippen LogP contribution < -0.4 is 10.6 Å². The van der Waals surface area contributed by atoms with Crippen molar-refractivity contribution in [3.05, 3.63) is 40.4 Å². The van der Waals surface area contributed by atoms with Crippen LogP contribution in [0.1, 0.15) is 11.4 Å². The summed E-state index contributed by atoms with van der Waals surface area (Å²) in [5.41, 5.74) is 8.15. The van der Waals surface area contributed by atoms with E-state index in [0.29, 0.717) is 6.54 Å². The first-order valence-electron chi connectivity index (χ1n) is 5.88. The Morgan fingerprint density at radius 2 is 2.22 bits per heavy atom. The molecule has 6 heteroatoms. The van der Waals surface area contributed by atoms with Gasteiger partial charge in [-0.3, -0.25) is 0 Å². The minimum Gasteiger partial charge on any atom is -0.362 e. The van der Waals surface area contributed by atoms with Gasteiger partial charge in [0.05, 0.1) is 6.54 Å². The van der Waals surface area contributed by atoms with Crippen LogP contribution in [-0.2, 0) is 19.6 Å². The minimum atomic E-state index is 0.547. The summed E-state index contributed by atoms with van der Waals surface area (Å²) < 4.78 is 3.16. The van der Waals surface area contributed by atoms with Crippen LogP contribution in [0.4, 0.5) is 5.69 Å². The molecular formula is C12H14BrN5. The molecule has 0 amide bonds. The Morgan fingerprint density at radius 3 is 3.06 bits per heavy atom. The van der Waals surface area contributed by atoms with E-state index < -0.39 is 0 Å². The molecule has 0 bridgehead atoms. The second-order valence-electron chi connectivity index (χ2n) is 4.34. The summed E-state index contributed by atoms with van der Waals surface area (Å²) in [6.45, 7) is 3.20. The Balaban J connectivity index is 1.94. The standard InChI is InChI=1S/C12H14BrN5/c13-10-2-1-9(6-14)11(5-10)17-3-4-18-8-15-16-12(18)7-17/h1-2,5,8H,3-4,6-7,14H2. The quantitative estimate of drug-likeness (QED) is 0.914. The third-order valence-electron chi connectivity index (χ3n) is 3.25. The number of nitrogens with zero attached hydrogens (tertiary/aromatic N) is 4. The van der Waals surface area contributed by atoms with Crippen molar-refractivity contribution in [3.8, 4) is 0 Å². The maximum atomic E-state index is 5.81. The van der Waals surface area contributed by atoms with Crippen LogP contribution in [0, 0.1) is 0 Å². The second-order valence-corrected chi connectivity index (χ2v) is 5.25. The molecule has 2 N–H and O–H groups in total. The van der Waals surface area contributed by atoms with Gasteiger partial charge in [-0.15, -0.1) is 10.2 Å². The third kappa shape index (κ3) is 2.02. The van der Waals surface area contributed by atoms with E-state index in [0.717, 1.165) is 35.5 Å². The van der Waals surface area contributed by atoms with Gasteiger partial charge in [-0.05, 0) is 17.7 Å².